The maximum absolute atomic E-state index is 12.6. The van der Waals surface area contributed by atoms with Gasteiger partial charge in [0.25, 0.3) is 11.8 Å². The quantitative estimate of drug-likeness (QED) is 0.819. The molecule has 2 amide bonds. The Morgan fingerprint density at radius 1 is 1.27 bits per heavy atom. The van der Waals surface area contributed by atoms with Crippen molar-refractivity contribution in [2.24, 2.45) is 0 Å². The van der Waals surface area contributed by atoms with Crippen molar-refractivity contribution < 1.29 is 9.59 Å². The Balaban J connectivity index is 1.89. The van der Waals surface area contributed by atoms with E-state index in [0.717, 1.165) is 17.0 Å². The number of rotatable bonds is 4. The zero-order valence-electron chi connectivity index (χ0n) is 15.5. The van der Waals surface area contributed by atoms with Gasteiger partial charge in [0.15, 0.2) is 0 Å². The predicted molar refractivity (Wildman–Crippen MR) is 102 cm³/mol. The van der Waals surface area contributed by atoms with Crippen LogP contribution in [0.4, 0.5) is 5.95 Å². The molecule has 2 aromatic heterocycles. The molecule has 0 N–H and O–H groups in total. The lowest BCUT2D eigenvalue weighted by Crippen LogP contribution is -2.29. The van der Waals surface area contributed by atoms with E-state index in [1.54, 1.807) is 20.3 Å². The molecule has 1 atom stereocenters. The van der Waals surface area contributed by atoms with Crippen LogP contribution in [0.15, 0.2) is 23.7 Å². The second kappa shape index (κ2) is 7.41. The number of carbonyl (C=O) groups is 2. The van der Waals surface area contributed by atoms with Gasteiger partial charge < -0.3 is 14.7 Å². The molecule has 2 aromatic rings. The van der Waals surface area contributed by atoms with E-state index in [1.165, 1.54) is 16.2 Å². The van der Waals surface area contributed by atoms with E-state index in [-0.39, 0.29) is 17.7 Å². The highest BCUT2D eigenvalue weighted by Gasteiger charge is 2.32. The summed E-state index contributed by atoms with van der Waals surface area (Å²) in [5, 5.41) is 1.91. The molecule has 1 aliphatic heterocycles. The van der Waals surface area contributed by atoms with Crippen LogP contribution in [0.3, 0.4) is 0 Å². The molecular weight excluding hydrogens is 350 g/mol. The normalized spacial score (nSPS) is 16.6. The number of likely N-dealkylation sites (tertiary alicyclic amines) is 1. The Hall–Kier alpha value is -2.48. The summed E-state index contributed by atoms with van der Waals surface area (Å²) in [6.45, 7) is 1.23. The topological polar surface area (TPSA) is 69.6 Å². The molecule has 0 aliphatic carbocycles. The van der Waals surface area contributed by atoms with Crippen molar-refractivity contribution in [2.75, 3.05) is 46.2 Å². The van der Waals surface area contributed by atoms with Gasteiger partial charge in [-0.3, -0.25) is 9.59 Å². The number of carbonyl (C=O) groups excluding carboxylic acids is 2. The van der Waals surface area contributed by atoms with Gasteiger partial charge in [0.1, 0.15) is 0 Å². The summed E-state index contributed by atoms with van der Waals surface area (Å²) in [6, 6.07) is 3.73. The van der Waals surface area contributed by atoms with E-state index in [4.69, 9.17) is 0 Å². The Morgan fingerprint density at radius 2 is 2.04 bits per heavy atom. The predicted octanol–water partition coefficient (Wildman–Crippen LogP) is 1.94. The fourth-order valence-electron chi connectivity index (χ4n) is 3.04. The first-order valence-corrected chi connectivity index (χ1v) is 9.35. The van der Waals surface area contributed by atoms with E-state index in [9.17, 15) is 9.59 Å². The summed E-state index contributed by atoms with van der Waals surface area (Å²) in [5.41, 5.74) is 1.24. The fraction of sp³-hybridized carbons (Fsp3) is 0.444. The Morgan fingerprint density at radius 3 is 2.65 bits per heavy atom. The summed E-state index contributed by atoms with van der Waals surface area (Å²) >= 11 is 1.45. The van der Waals surface area contributed by atoms with Gasteiger partial charge in [0.2, 0.25) is 5.95 Å². The van der Waals surface area contributed by atoms with Gasteiger partial charge in [-0.15, -0.1) is 11.3 Å². The molecule has 7 nitrogen and oxygen atoms in total. The van der Waals surface area contributed by atoms with Crippen molar-refractivity contribution in [3.8, 4) is 0 Å². The van der Waals surface area contributed by atoms with E-state index in [1.807, 2.05) is 41.4 Å². The first-order chi connectivity index (χ1) is 12.4. The zero-order chi connectivity index (χ0) is 18.8. The minimum atomic E-state index is -0.117. The number of nitrogens with zero attached hydrogens (tertiary/aromatic N) is 5. The van der Waals surface area contributed by atoms with Gasteiger partial charge in [0.05, 0.1) is 16.1 Å². The largest absolute Gasteiger partial charge is 0.347 e. The van der Waals surface area contributed by atoms with Gasteiger partial charge >= 0.3 is 0 Å². The third-order valence-electron chi connectivity index (χ3n) is 4.44. The molecule has 0 saturated carbocycles. The minimum Gasteiger partial charge on any atom is -0.347 e. The second-order valence-corrected chi connectivity index (χ2v) is 7.72. The number of hydrogen-bond donors (Lipinski definition) is 0. The molecule has 1 fully saturated rings. The van der Waals surface area contributed by atoms with Crippen LogP contribution >= 0.6 is 11.3 Å². The molecule has 0 aromatic carbocycles. The van der Waals surface area contributed by atoms with Gasteiger partial charge in [-0.25, -0.2) is 9.97 Å². The lowest BCUT2D eigenvalue weighted by atomic mass is 9.99. The maximum atomic E-state index is 12.6. The zero-order valence-corrected chi connectivity index (χ0v) is 16.3. The summed E-state index contributed by atoms with van der Waals surface area (Å²) in [5.74, 6) is 0.524. The van der Waals surface area contributed by atoms with Crippen molar-refractivity contribution in [3.05, 3.63) is 39.8 Å². The number of amides is 2. The third-order valence-corrected chi connectivity index (χ3v) is 5.29. The average molecular weight is 373 g/mol. The highest BCUT2D eigenvalue weighted by Crippen LogP contribution is 2.30. The van der Waals surface area contributed by atoms with E-state index < -0.39 is 0 Å². The lowest BCUT2D eigenvalue weighted by molar-refractivity contribution is 0.0795. The SMILES string of the molecule is CN(C)C(=O)c1cnc(N(C)C)nc1C1CCN(C(=O)c2cccs2)C1. The highest BCUT2D eigenvalue weighted by atomic mass is 32.1. The van der Waals surface area contributed by atoms with Gasteiger partial charge in [-0.05, 0) is 17.9 Å². The second-order valence-electron chi connectivity index (χ2n) is 6.78. The number of thiophene rings is 1. The lowest BCUT2D eigenvalue weighted by Gasteiger charge is -2.20. The summed E-state index contributed by atoms with van der Waals surface area (Å²) in [7, 11) is 7.17. The standard InChI is InChI=1S/C18H23N5O2S/c1-21(2)16(24)13-10-19-18(22(3)4)20-15(13)12-7-8-23(11-12)17(25)14-6-5-9-26-14/h5-6,9-10,12H,7-8,11H2,1-4H3. The van der Waals surface area contributed by atoms with Gasteiger partial charge in [-0.2, -0.15) is 0 Å². The van der Waals surface area contributed by atoms with Gasteiger partial charge in [-0.1, -0.05) is 6.07 Å². The minimum absolute atomic E-state index is 0.0273. The van der Waals surface area contributed by atoms with Crippen LogP contribution in [0.1, 0.15) is 38.1 Å². The molecule has 0 spiro atoms. The molecule has 26 heavy (non-hydrogen) atoms. The number of hydrogen-bond acceptors (Lipinski definition) is 6. The van der Waals surface area contributed by atoms with Crippen LogP contribution in [0.2, 0.25) is 0 Å². The summed E-state index contributed by atoms with van der Waals surface area (Å²) in [6.07, 6.45) is 2.39. The fourth-order valence-corrected chi connectivity index (χ4v) is 3.73. The third kappa shape index (κ3) is 3.55. The summed E-state index contributed by atoms with van der Waals surface area (Å²) < 4.78 is 0. The van der Waals surface area contributed by atoms with Crippen molar-refractivity contribution in [3.63, 3.8) is 0 Å². The molecule has 1 unspecified atom stereocenters. The molecule has 1 aliphatic rings. The molecule has 138 valence electrons. The van der Waals surface area contributed by atoms with Crippen molar-refractivity contribution in [2.45, 2.75) is 12.3 Å². The van der Waals surface area contributed by atoms with Crippen LogP contribution in [0.5, 0.6) is 0 Å². The number of aromatic nitrogens is 2. The van der Waals surface area contributed by atoms with E-state index >= 15 is 0 Å². The average Bonchev–Trinajstić information content (AvgIpc) is 3.31. The molecule has 0 bridgehead atoms. The first-order valence-electron chi connectivity index (χ1n) is 8.47. The maximum Gasteiger partial charge on any atom is 0.263 e. The van der Waals surface area contributed by atoms with Crippen LogP contribution in [0.25, 0.3) is 0 Å². The van der Waals surface area contributed by atoms with Crippen LogP contribution in [-0.2, 0) is 0 Å². The number of anilines is 1. The van der Waals surface area contributed by atoms with Crippen LogP contribution in [0, 0.1) is 0 Å². The molecule has 1 saturated heterocycles. The highest BCUT2D eigenvalue weighted by molar-refractivity contribution is 7.12. The Labute approximate surface area is 157 Å². The monoisotopic (exact) mass is 373 g/mol. The Kier molecular flexibility index (Phi) is 5.22. The molecule has 0 radical (unpaired) electrons. The molecular formula is C18H23N5O2S. The van der Waals surface area contributed by atoms with Crippen LogP contribution in [-0.4, -0.2) is 72.9 Å². The first kappa shape index (κ1) is 18.3. The van der Waals surface area contributed by atoms with Crippen molar-refractivity contribution >= 4 is 29.1 Å². The smallest absolute Gasteiger partial charge is 0.263 e. The van der Waals surface area contributed by atoms with Crippen molar-refractivity contribution in [1.29, 1.82) is 0 Å². The van der Waals surface area contributed by atoms with Gasteiger partial charge in [0, 0.05) is 53.4 Å². The van der Waals surface area contributed by atoms with Crippen LogP contribution < -0.4 is 4.90 Å². The van der Waals surface area contributed by atoms with E-state index in [0.29, 0.717) is 24.6 Å². The summed E-state index contributed by atoms with van der Waals surface area (Å²) in [4.78, 5) is 40.0. The molecule has 3 heterocycles. The Bertz CT molecular complexity index is 804. The molecule has 8 heteroatoms. The van der Waals surface area contributed by atoms with E-state index in [2.05, 4.69) is 9.97 Å². The van der Waals surface area contributed by atoms with Crippen molar-refractivity contribution in [1.82, 2.24) is 19.8 Å². The molecule has 3 rings (SSSR count).